The summed E-state index contributed by atoms with van der Waals surface area (Å²) in [7, 11) is 1.58. The van der Waals surface area contributed by atoms with E-state index in [9.17, 15) is 9.59 Å². The molecular weight excluding hydrogens is 520 g/mol. The summed E-state index contributed by atoms with van der Waals surface area (Å²) in [6.45, 7) is 8.25. The largest absolute Gasteiger partial charge is 0.495 e. The lowest BCUT2D eigenvalue weighted by atomic mass is 10.0. The number of nitrogens with one attached hydrogen (secondary N) is 2. The molecule has 41 heavy (non-hydrogen) atoms. The SMILES string of the molecule is COc1cc(-c2cccc(N3CCN(C(=O)OC(C)(C)C)CC3)c2)ccc1NC(=O)c1cccc(-c2ccn[nH]2)n1. The third-order valence-corrected chi connectivity index (χ3v) is 6.68. The van der Waals surface area contributed by atoms with Crippen LogP contribution in [0.5, 0.6) is 5.75 Å². The molecule has 212 valence electrons. The van der Waals surface area contributed by atoms with Crippen molar-refractivity contribution in [2.24, 2.45) is 0 Å². The minimum atomic E-state index is -0.509. The number of methoxy groups -OCH3 is 1. The van der Waals surface area contributed by atoms with Gasteiger partial charge < -0.3 is 24.6 Å². The fourth-order valence-corrected chi connectivity index (χ4v) is 4.63. The van der Waals surface area contributed by atoms with E-state index in [4.69, 9.17) is 9.47 Å². The first-order valence-electron chi connectivity index (χ1n) is 13.5. The van der Waals surface area contributed by atoms with Crippen molar-refractivity contribution in [2.45, 2.75) is 26.4 Å². The summed E-state index contributed by atoms with van der Waals surface area (Å²) in [5.74, 6) is 0.196. The summed E-state index contributed by atoms with van der Waals surface area (Å²) in [5, 5.41) is 9.72. The zero-order chi connectivity index (χ0) is 29.0. The third-order valence-electron chi connectivity index (χ3n) is 6.68. The van der Waals surface area contributed by atoms with E-state index in [1.54, 1.807) is 36.4 Å². The predicted molar refractivity (Wildman–Crippen MR) is 158 cm³/mol. The number of ether oxygens (including phenoxy) is 2. The molecule has 1 saturated heterocycles. The van der Waals surface area contributed by atoms with Gasteiger partial charge in [0.1, 0.15) is 17.0 Å². The van der Waals surface area contributed by atoms with Crippen molar-refractivity contribution in [2.75, 3.05) is 43.5 Å². The van der Waals surface area contributed by atoms with Gasteiger partial charge in [-0.15, -0.1) is 0 Å². The van der Waals surface area contributed by atoms with Crippen molar-refractivity contribution in [3.8, 4) is 28.3 Å². The highest BCUT2D eigenvalue weighted by molar-refractivity contribution is 6.04. The molecule has 1 aliphatic rings. The first-order valence-corrected chi connectivity index (χ1v) is 13.5. The van der Waals surface area contributed by atoms with Crippen molar-refractivity contribution in [3.05, 3.63) is 78.6 Å². The minimum Gasteiger partial charge on any atom is -0.495 e. The van der Waals surface area contributed by atoms with E-state index in [1.165, 1.54) is 0 Å². The second-order valence-electron chi connectivity index (χ2n) is 10.8. The molecule has 10 nitrogen and oxygen atoms in total. The van der Waals surface area contributed by atoms with Gasteiger partial charge >= 0.3 is 6.09 Å². The number of carbonyl (C=O) groups is 2. The lowest BCUT2D eigenvalue weighted by molar-refractivity contribution is 0.0240. The predicted octanol–water partition coefficient (Wildman–Crippen LogP) is 5.46. The zero-order valence-electron chi connectivity index (χ0n) is 23.7. The van der Waals surface area contributed by atoms with E-state index in [0.717, 1.165) is 22.5 Å². The monoisotopic (exact) mass is 554 g/mol. The number of benzene rings is 2. The van der Waals surface area contributed by atoms with E-state index in [0.29, 0.717) is 43.3 Å². The van der Waals surface area contributed by atoms with Crippen LogP contribution in [0, 0.1) is 0 Å². The van der Waals surface area contributed by atoms with Crippen molar-refractivity contribution >= 4 is 23.4 Å². The summed E-state index contributed by atoms with van der Waals surface area (Å²) in [4.78, 5) is 33.9. The smallest absolute Gasteiger partial charge is 0.410 e. The normalized spacial score (nSPS) is 13.6. The van der Waals surface area contributed by atoms with Gasteiger partial charge in [-0.1, -0.05) is 24.3 Å². The van der Waals surface area contributed by atoms with Crippen LogP contribution in [-0.2, 0) is 4.74 Å². The van der Waals surface area contributed by atoms with Crippen LogP contribution in [0.2, 0.25) is 0 Å². The highest BCUT2D eigenvalue weighted by Gasteiger charge is 2.26. The number of hydrogen-bond donors (Lipinski definition) is 2. The van der Waals surface area contributed by atoms with Gasteiger partial charge in [-0.2, -0.15) is 5.10 Å². The fraction of sp³-hybridized carbons (Fsp3) is 0.290. The summed E-state index contributed by atoms with van der Waals surface area (Å²) >= 11 is 0. The number of amides is 2. The number of piperazine rings is 1. The molecule has 0 aliphatic carbocycles. The number of nitrogens with zero attached hydrogens (tertiary/aromatic N) is 4. The van der Waals surface area contributed by atoms with Crippen LogP contribution in [-0.4, -0.2) is 71.0 Å². The van der Waals surface area contributed by atoms with Gasteiger partial charge in [0.05, 0.1) is 24.2 Å². The van der Waals surface area contributed by atoms with Gasteiger partial charge in [-0.05, 0) is 74.4 Å². The Balaban J connectivity index is 1.27. The quantitative estimate of drug-likeness (QED) is 0.326. The van der Waals surface area contributed by atoms with Crippen LogP contribution < -0.4 is 15.0 Å². The Hall–Kier alpha value is -4.86. The van der Waals surface area contributed by atoms with Gasteiger partial charge in [-0.3, -0.25) is 9.89 Å². The maximum atomic E-state index is 13.0. The average molecular weight is 555 g/mol. The Morgan fingerprint density at radius 3 is 2.39 bits per heavy atom. The number of pyridine rings is 1. The van der Waals surface area contributed by atoms with E-state index < -0.39 is 5.60 Å². The van der Waals surface area contributed by atoms with Gasteiger partial charge in [0, 0.05) is 38.1 Å². The zero-order valence-corrected chi connectivity index (χ0v) is 23.7. The molecule has 2 aromatic carbocycles. The summed E-state index contributed by atoms with van der Waals surface area (Å²) in [5.41, 5.74) is 4.72. The van der Waals surface area contributed by atoms with Gasteiger partial charge in [0.15, 0.2) is 0 Å². The van der Waals surface area contributed by atoms with Crippen LogP contribution in [0.4, 0.5) is 16.2 Å². The molecule has 0 saturated carbocycles. The molecule has 1 aliphatic heterocycles. The molecule has 0 unspecified atom stereocenters. The molecule has 1 fully saturated rings. The average Bonchev–Trinajstić information content (AvgIpc) is 3.52. The Kier molecular flexibility index (Phi) is 7.91. The lowest BCUT2D eigenvalue weighted by Crippen LogP contribution is -2.50. The molecule has 0 radical (unpaired) electrons. The Bertz CT molecular complexity index is 1520. The number of carbonyl (C=O) groups excluding carboxylic acids is 2. The molecular formula is C31H34N6O4. The van der Waals surface area contributed by atoms with E-state index in [-0.39, 0.29) is 17.7 Å². The molecule has 2 aromatic heterocycles. The van der Waals surface area contributed by atoms with E-state index in [1.807, 2.05) is 57.2 Å². The van der Waals surface area contributed by atoms with E-state index >= 15 is 0 Å². The number of aromatic amines is 1. The minimum absolute atomic E-state index is 0.272. The topological polar surface area (TPSA) is 113 Å². The van der Waals surface area contributed by atoms with Crippen LogP contribution in [0.1, 0.15) is 31.3 Å². The summed E-state index contributed by atoms with van der Waals surface area (Å²) < 4.78 is 11.2. The molecule has 0 spiro atoms. The molecule has 2 amide bonds. The standard InChI is InChI=1S/C31H34N6O4/c1-31(2,3)41-30(39)37-17-15-36(16-18-37)23-8-5-7-21(19-23)22-11-12-26(28(20-22)40-4)34-29(38)27-10-6-9-24(33-27)25-13-14-32-35-25/h5-14,19-20H,15-18H2,1-4H3,(H,32,35)(H,34,38). The summed E-state index contributed by atoms with van der Waals surface area (Å²) in [6, 6.07) is 21.0. The second kappa shape index (κ2) is 11.7. The maximum Gasteiger partial charge on any atom is 0.410 e. The number of aromatic nitrogens is 3. The van der Waals surface area contributed by atoms with Crippen molar-refractivity contribution in [1.82, 2.24) is 20.1 Å². The fourth-order valence-electron chi connectivity index (χ4n) is 4.63. The number of hydrogen-bond acceptors (Lipinski definition) is 7. The lowest BCUT2D eigenvalue weighted by Gasteiger charge is -2.36. The number of H-pyrrole nitrogens is 1. The van der Waals surface area contributed by atoms with Gasteiger partial charge in [0.2, 0.25) is 0 Å². The molecule has 5 rings (SSSR count). The third kappa shape index (κ3) is 6.66. The molecule has 2 N–H and O–H groups in total. The number of rotatable bonds is 6. The molecule has 0 atom stereocenters. The van der Waals surface area contributed by atoms with E-state index in [2.05, 4.69) is 37.5 Å². The number of anilines is 2. The van der Waals surface area contributed by atoms with Gasteiger partial charge in [0.25, 0.3) is 5.91 Å². The summed E-state index contributed by atoms with van der Waals surface area (Å²) in [6.07, 6.45) is 1.37. The van der Waals surface area contributed by atoms with Crippen molar-refractivity contribution in [1.29, 1.82) is 0 Å². The van der Waals surface area contributed by atoms with Crippen LogP contribution in [0.15, 0.2) is 72.9 Å². The van der Waals surface area contributed by atoms with Crippen LogP contribution in [0.3, 0.4) is 0 Å². The molecule has 4 aromatic rings. The van der Waals surface area contributed by atoms with Crippen molar-refractivity contribution in [3.63, 3.8) is 0 Å². The molecule has 3 heterocycles. The van der Waals surface area contributed by atoms with Crippen molar-refractivity contribution < 1.29 is 19.1 Å². The molecule has 10 heteroatoms. The van der Waals surface area contributed by atoms with Crippen LogP contribution in [0.25, 0.3) is 22.5 Å². The Labute approximate surface area is 239 Å². The Morgan fingerprint density at radius 1 is 0.927 bits per heavy atom. The molecule has 0 bridgehead atoms. The maximum absolute atomic E-state index is 13.0. The Morgan fingerprint density at radius 2 is 1.68 bits per heavy atom. The first kappa shape index (κ1) is 27.7. The highest BCUT2D eigenvalue weighted by Crippen LogP contribution is 2.33. The first-order chi connectivity index (χ1) is 19.7. The second-order valence-corrected chi connectivity index (χ2v) is 10.8. The van der Waals surface area contributed by atoms with Crippen LogP contribution >= 0.6 is 0 Å². The van der Waals surface area contributed by atoms with Gasteiger partial charge in [-0.25, -0.2) is 9.78 Å². The highest BCUT2D eigenvalue weighted by atomic mass is 16.6.